The molecular formula is C13H23N3O. The van der Waals surface area contributed by atoms with Gasteiger partial charge in [-0.15, -0.1) is 10.2 Å². The highest BCUT2D eigenvalue weighted by molar-refractivity contribution is 4.90. The third kappa shape index (κ3) is 3.80. The third-order valence-electron chi connectivity index (χ3n) is 3.40. The fourth-order valence-electron chi connectivity index (χ4n) is 2.00. The van der Waals surface area contributed by atoms with Crippen LogP contribution in [0.4, 0.5) is 0 Å². The smallest absolute Gasteiger partial charge is 0.219 e. The zero-order chi connectivity index (χ0) is 12.1. The molecule has 0 bridgehead atoms. The van der Waals surface area contributed by atoms with Crippen molar-refractivity contribution < 1.29 is 4.42 Å². The Morgan fingerprint density at radius 1 is 1.29 bits per heavy atom. The molecule has 1 N–H and O–H groups in total. The summed E-state index contributed by atoms with van der Waals surface area (Å²) in [5, 5.41) is 11.8. The van der Waals surface area contributed by atoms with Gasteiger partial charge in [0.2, 0.25) is 11.8 Å². The van der Waals surface area contributed by atoms with Crippen molar-refractivity contribution in [3.63, 3.8) is 0 Å². The van der Waals surface area contributed by atoms with Crippen LogP contribution >= 0.6 is 0 Å². The van der Waals surface area contributed by atoms with Gasteiger partial charge in [0.05, 0.1) is 0 Å². The summed E-state index contributed by atoms with van der Waals surface area (Å²) in [7, 11) is 0. The summed E-state index contributed by atoms with van der Waals surface area (Å²) < 4.78 is 5.70. The van der Waals surface area contributed by atoms with E-state index in [1.54, 1.807) is 0 Å². The molecule has 1 aromatic heterocycles. The van der Waals surface area contributed by atoms with Crippen molar-refractivity contribution in [2.75, 3.05) is 6.54 Å². The van der Waals surface area contributed by atoms with Gasteiger partial charge in [0.1, 0.15) is 0 Å². The van der Waals surface area contributed by atoms with Gasteiger partial charge in [-0.3, -0.25) is 0 Å². The molecule has 17 heavy (non-hydrogen) atoms. The molecule has 0 atom stereocenters. The average molecular weight is 237 g/mol. The molecule has 0 aliphatic heterocycles. The van der Waals surface area contributed by atoms with Crippen molar-refractivity contribution in [1.82, 2.24) is 15.5 Å². The van der Waals surface area contributed by atoms with E-state index in [1.165, 1.54) is 12.8 Å². The van der Waals surface area contributed by atoms with Gasteiger partial charge in [0, 0.05) is 18.4 Å². The zero-order valence-electron chi connectivity index (χ0n) is 10.9. The van der Waals surface area contributed by atoms with Crippen LogP contribution in [0.2, 0.25) is 0 Å². The van der Waals surface area contributed by atoms with Crippen LogP contribution in [0.25, 0.3) is 0 Å². The van der Waals surface area contributed by atoms with Gasteiger partial charge in [-0.2, -0.15) is 0 Å². The first-order valence-electron chi connectivity index (χ1n) is 6.89. The van der Waals surface area contributed by atoms with Crippen molar-refractivity contribution in [2.45, 2.75) is 64.3 Å². The summed E-state index contributed by atoms with van der Waals surface area (Å²) in [6.45, 7) is 5.39. The first-order valence-corrected chi connectivity index (χ1v) is 6.89. The second-order valence-corrected chi connectivity index (χ2v) is 4.88. The van der Waals surface area contributed by atoms with E-state index >= 15 is 0 Å². The maximum Gasteiger partial charge on any atom is 0.219 e. The molecule has 0 amide bonds. The molecular weight excluding hydrogens is 214 g/mol. The summed E-state index contributed by atoms with van der Waals surface area (Å²) in [6, 6.07) is 0.790. The fourth-order valence-corrected chi connectivity index (χ4v) is 2.00. The van der Waals surface area contributed by atoms with E-state index in [0.717, 1.165) is 50.1 Å². The van der Waals surface area contributed by atoms with E-state index in [4.69, 9.17) is 4.42 Å². The van der Waals surface area contributed by atoms with Crippen LogP contribution < -0.4 is 5.32 Å². The Kier molecular flexibility index (Phi) is 4.54. The number of hydrogen-bond acceptors (Lipinski definition) is 4. The summed E-state index contributed by atoms with van der Waals surface area (Å²) in [6.07, 6.45) is 6.81. The lowest BCUT2D eigenvalue weighted by molar-refractivity contribution is 0.400. The van der Waals surface area contributed by atoms with Crippen LogP contribution in [0.1, 0.15) is 63.7 Å². The second kappa shape index (κ2) is 6.15. The standard InChI is InChI=1S/C13H23N3O/c1-3-10(4-2)13-16-15-12(17-13)6-5-9-14-11-7-8-11/h10-11,14H,3-9H2,1-2H3. The lowest BCUT2D eigenvalue weighted by Gasteiger charge is -2.05. The molecule has 0 radical (unpaired) electrons. The highest BCUT2D eigenvalue weighted by atomic mass is 16.4. The third-order valence-corrected chi connectivity index (χ3v) is 3.40. The molecule has 1 saturated carbocycles. The Labute approximate surface area is 103 Å². The van der Waals surface area contributed by atoms with E-state index < -0.39 is 0 Å². The molecule has 1 aromatic rings. The molecule has 1 fully saturated rings. The molecule has 0 spiro atoms. The lowest BCUT2D eigenvalue weighted by atomic mass is 10.0. The minimum Gasteiger partial charge on any atom is -0.425 e. The monoisotopic (exact) mass is 237 g/mol. The molecule has 96 valence electrons. The maximum absolute atomic E-state index is 5.70. The molecule has 0 unspecified atom stereocenters. The molecule has 0 aromatic carbocycles. The normalized spacial score (nSPS) is 15.7. The van der Waals surface area contributed by atoms with Gasteiger partial charge >= 0.3 is 0 Å². The minimum absolute atomic E-state index is 0.431. The highest BCUT2D eigenvalue weighted by Crippen LogP contribution is 2.21. The fraction of sp³-hybridized carbons (Fsp3) is 0.846. The molecule has 4 heteroatoms. The first kappa shape index (κ1) is 12.6. The largest absolute Gasteiger partial charge is 0.425 e. The van der Waals surface area contributed by atoms with Gasteiger partial charge in [-0.25, -0.2) is 0 Å². The van der Waals surface area contributed by atoms with Crippen molar-refractivity contribution in [3.05, 3.63) is 11.8 Å². The van der Waals surface area contributed by atoms with Crippen LogP contribution in [0.15, 0.2) is 4.42 Å². The molecule has 0 saturated heterocycles. The quantitative estimate of drug-likeness (QED) is 0.706. The van der Waals surface area contributed by atoms with Crippen LogP contribution in [0.3, 0.4) is 0 Å². The van der Waals surface area contributed by atoms with Crippen LogP contribution in [0, 0.1) is 0 Å². The first-order chi connectivity index (χ1) is 8.33. The van der Waals surface area contributed by atoms with Gasteiger partial charge in [0.15, 0.2) is 0 Å². The number of nitrogens with zero attached hydrogens (tertiary/aromatic N) is 2. The van der Waals surface area contributed by atoms with Crippen LogP contribution in [0.5, 0.6) is 0 Å². The maximum atomic E-state index is 5.70. The highest BCUT2D eigenvalue weighted by Gasteiger charge is 2.19. The number of nitrogens with one attached hydrogen (secondary N) is 1. The van der Waals surface area contributed by atoms with Crippen molar-refractivity contribution >= 4 is 0 Å². The Hall–Kier alpha value is -0.900. The van der Waals surface area contributed by atoms with Crippen molar-refractivity contribution in [1.29, 1.82) is 0 Å². The summed E-state index contributed by atoms with van der Waals surface area (Å²) in [4.78, 5) is 0. The topological polar surface area (TPSA) is 51.0 Å². The Bertz CT molecular complexity index is 329. The molecule has 1 heterocycles. The number of rotatable bonds is 8. The Morgan fingerprint density at radius 3 is 2.71 bits per heavy atom. The van der Waals surface area contributed by atoms with E-state index in [-0.39, 0.29) is 0 Å². The van der Waals surface area contributed by atoms with E-state index in [2.05, 4.69) is 29.4 Å². The second-order valence-electron chi connectivity index (χ2n) is 4.88. The average Bonchev–Trinajstić information content (AvgIpc) is 3.06. The molecule has 4 nitrogen and oxygen atoms in total. The summed E-state index contributed by atoms with van der Waals surface area (Å²) in [5.74, 6) is 2.05. The Morgan fingerprint density at radius 2 is 2.06 bits per heavy atom. The van der Waals surface area contributed by atoms with E-state index in [9.17, 15) is 0 Å². The number of aryl methyl sites for hydroxylation is 1. The van der Waals surface area contributed by atoms with Gasteiger partial charge in [-0.05, 0) is 38.6 Å². The van der Waals surface area contributed by atoms with E-state index in [0.29, 0.717) is 5.92 Å². The SMILES string of the molecule is CCC(CC)c1nnc(CCCNC2CC2)o1. The van der Waals surface area contributed by atoms with Gasteiger partial charge < -0.3 is 9.73 Å². The van der Waals surface area contributed by atoms with Crippen LogP contribution in [-0.4, -0.2) is 22.8 Å². The lowest BCUT2D eigenvalue weighted by Crippen LogP contribution is -2.17. The number of aromatic nitrogens is 2. The molecule has 2 rings (SSSR count). The van der Waals surface area contributed by atoms with Crippen molar-refractivity contribution in [2.24, 2.45) is 0 Å². The minimum atomic E-state index is 0.431. The Balaban J connectivity index is 1.72. The predicted octanol–water partition coefficient (Wildman–Crippen LogP) is 2.66. The van der Waals surface area contributed by atoms with Crippen molar-refractivity contribution in [3.8, 4) is 0 Å². The number of hydrogen-bond donors (Lipinski definition) is 1. The van der Waals surface area contributed by atoms with Crippen LogP contribution in [-0.2, 0) is 6.42 Å². The van der Waals surface area contributed by atoms with Gasteiger partial charge in [-0.1, -0.05) is 13.8 Å². The predicted molar refractivity (Wildman–Crippen MR) is 67.0 cm³/mol. The summed E-state index contributed by atoms with van der Waals surface area (Å²) >= 11 is 0. The zero-order valence-corrected chi connectivity index (χ0v) is 10.9. The van der Waals surface area contributed by atoms with Gasteiger partial charge in [0.25, 0.3) is 0 Å². The molecule has 1 aliphatic carbocycles. The van der Waals surface area contributed by atoms with E-state index in [1.807, 2.05) is 0 Å². The summed E-state index contributed by atoms with van der Waals surface area (Å²) in [5.41, 5.74) is 0. The molecule has 1 aliphatic rings.